The van der Waals surface area contributed by atoms with Gasteiger partial charge in [-0.05, 0) is 40.2 Å². The standard InChI is InChI=1S/C13H25NO4/c1-13(2,3)18-12(17)10(11(15)16)8-6-4-5-7-9-14/h10H,4-9,14H2,1-3H3,(H,15,16)/t10-/m0/s1. The predicted molar refractivity (Wildman–Crippen MR) is 69.1 cm³/mol. The summed E-state index contributed by atoms with van der Waals surface area (Å²) in [7, 11) is 0. The highest BCUT2D eigenvalue weighted by Crippen LogP contribution is 2.17. The van der Waals surface area contributed by atoms with Gasteiger partial charge in [-0.2, -0.15) is 0 Å². The number of hydrogen-bond donors (Lipinski definition) is 2. The minimum Gasteiger partial charge on any atom is -0.481 e. The quantitative estimate of drug-likeness (QED) is 0.395. The van der Waals surface area contributed by atoms with Crippen molar-refractivity contribution in [3.05, 3.63) is 0 Å². The number of aliphatic carboxylic acids is 1. The molecule has 0 rings (SSSR count). The van der Waals surface area contributed by atoms with Crippen molar-refractivity contribution in [1.29, 1.82) is 0 Å². The Kier molecular flexibility index (Phi) is 7.59. The molecule has 0 unspecified atom stereocenters. The van der Waals surface area contributed by atoms with E-state index in [0.29, 0.717) is 19.4 Å². The maximum absolute atomic E-state index is 11.7. The molecule has 0 radical (unpaired) electrons. The van der Waals surface area contributed by atoms with Crippen molar-refractivity contribution in [2.75, 3.05) is 6.54 Å². The van der Waals surface area contributed by atoms with Crippen LogP contribution in [0.15, 0.2) is 0 Å². The predicted octanol–water partition coefficient (Wildman–Crippen LogP) is 1.94. The van der Waals surface area contributed by atoms with Gasteiger partial charge in [0.25, 0.3) is 0 Å². The van der Waals surface area contributed by atoms with Crippen LogP contribution >= 0.6 is 0 Å². The third-order valence-corrected chi connectivity index (χ3v) is 2.44. The van der Waals surface area contributed by atoms with Gasteiger partial charge in [0.2, 0.25) is 0 Å². The minimum atomic E-state index is -1.11. The highest BCUT2D eigenvalue weighted by Gasteiger charge is 2.30. The van der Waals surface area contributed by atoms with Crippen molar-refractivity contribution in [3.63, 3.8) is 0 Å². The van der Waals surface area contributed by atoms with Crippen LogP contribution in [0.2, 0.25) is 0 Å². The third kappa shape index (κ3) is 8.06. The van der Waals surface area contributed by atoms with Gasteiger partial charge in [-0.15, -0.1) is 0 Å². The Morgan fingerprint density at radius 3 is 2.17 bits per heavy atom. The van der Waals surface area contributed by atoms with Crippen molar-refractivity contribution < 1.29 is 19.4 Å². The normalized spacial score (nSPS) is 13.1. The largest absolute Gasteiger partial charge is 0.481 e. The van der Waals surface area contributed by atoms with E-state index in [-0.39, 0.29) is 0 Å². The number of carboxylic acid groups (broad SMARTS) is 1. The smallest absolute Gasteiger partial charge is 0.320 e. The maximum atomic E-state index is 11.7. The van der Waals surface area contributed by atoms with Crippen LogP contribution in [0.4, 0.5) is 0 Å². The van der Waals surface area contributed by atoms with E-state index >= 15 is 0 Å². The molecule has 0 aliphatic heterocycles. The lowest BCUT2D eigenvalue weighted by molar-refractivity contribution is -0.167. The average molecular weight is 259 g/mol. The first kappa shape index (κ1) is 16.9. The highest BCUT2D eigenvalue weighted by atomic mass is 16.6. The topological polar surface area (TPSA) is 89.6 Å². The van der Waals surface area contributed by atoms with E-state index in [2.05, 4.69) is 0 Å². The van der Waals surface area contributed by atoms with Gasteiger partial charge < -0.3 is 15.6 Å². The molecule has 0 spiro atoms. The first-order valence-corrected chi connectivity index (χ1v) is 6.43. The Hall–Kier alpha value is -1.10. The summed E-state index contributed by atoms with van der Waals surface area (Å²) in [6.45, 7) is 5.83. The number of rotatable bonds is 8. The summed E-state index contributed by atoms with van der Waals surface area (Å²) in [5.41, 5.74) is 4.72. The van der Waals surface area contributed by atoms with E-state index in [1.54, 1.807) is 20.8 Å². The molecular formula is C13H25NO4. The molecule has 0 amide bonds. The van der Waals surface area contributed by atoms with E-state index in [4.69, 9.17) is 15.6 Å². The number of nitrogens with two attached hydrogens (primary N) is 1. The number of hydrogen-bond acceptors (Lipinski definition) is 4. The summed E-state index contributed by atoms with van der Waals surface area (Å²) in [5.74, 6) is -2.81. The zero-order valence-corrected chi connectivity index (χ0v) is 11.6. The van der Waals surface area contributed by atoms with E-state index in [1.165, 1.54) is 0 Å². The molecule has 0 heterocycles. The van der Waals surface area contributed by atoms with Crippen molar-refractivity contribution in [2.45, 2.75) is 58.5 Å². The van der Waals surface area contributed by atoms with Gasteiger partial charge in [0.05, 0.1) is 0 Å². The van der Waals surface area contributed by atoms with Crippen LogP contribution in [0.25, 0.3) is 0 Å². The maximum Gasteiger partial charge on any atom is 0.320 e. The SMILES string of the molecule is CC(C)(C)OC(=O)[C@@H](CCCCCCN)C(=O)O. The van der Waals surface area contributed by atoms with Gasteiger partial charge in [0.15, 0.2) is 5.92 Å². The van der Waals surface area contributed by atoms with E-state index in [0.717, 1.165) is 19.3 Å². The third-order valence-electron chi connectivity index (χ3n) is 2.44. The summed E-state index contributed by atoms with van der Waals surface area (Å²) in [6.07, 6.45) is 3.83. The Morgan fingerprint density at radius 2 is 1.72 bits per heavy atom. The lowest BCUT2D eigenvalue weighted by Crippen LogP contribution is -2.32. The first-order chi connectivity index (χ1) is 8.28. The molecule has 5 nitrogen and oxygen atoms in total. The molecule has 5 heteroatoms. The van der Waals surface area contributed by atoms with Gasteiger partial charge in [-0.1, -0.05) is 19.3 Å². The number of carbonyl (C=O) groups is 2. The van der Waals surface area contributed by atoms with Crippen molar-refractivity contribution in [1.82, 2.24) is 0 Å². The van der Waals surface area contributed by atoms with E-state index in [1.807, 2.05) is 0 Å². The number of carboxylic acids is 1. The summed E-state index contributed by atoms with van der Waals surface area (Å²) in [5, 5.41) is 9.02. The summed E-state index contributed by atoms with van der Waals surface area (Å²) in [6, 6.07) is 0. The number of ether oxygens (including phenoxy) is 1. The number of carbonyl (C=O) groups excluding carboxylic acids is 1. The Bertz CT molecular complexity index is 271. The van der Waals surface area contributed by atoms with Crippen LogP contribution in [0.5, 0.6) is 0 Å². The molecule has 0 aromatic carbocycles. The molecule has 0 fully saturated rings. The second-order valence-electron chi connectivity index (χ2n) is 5.42. The van der Waals surface area contributed by atoms with Crippen molar-refractivity contribution in [2.24, 2.45) is 11.7 Å². The van der Waals surface area contributed by atoms with Crippen molar-refractivity contribution >= 4 is 11.9 Å². The monoisotopic (exact) mass is 259 g/mol. The molecule has 106 valence electrons. The number of unbranched alkanes of at least 4 members (excludes halogenated alkanes) is 3. The molecular weight excluding hydrogens is 234 g/mol. The summed E-state index contributed by atoms with van der Waals surface area (Å²) in [4.78, 5) is 22.7. The van der Waals surface area contributed by atoms with Gasteiger partial charge in [0.1, 0.15) is 5.60 Å². The fourth-order valence-corrected chi connectivity index (χ4v) is 1.56. The Morgan fingerprint density at radius 1 is 1.17 bits per heavy atom. The Balaban J connectivity index is 4.15. The molecule has 0 saturated carbocycles. The molecule has 1 atom stereocenters. The number of esters is 1. The van der Waals surface area contributed by atoms with Crippen LogP contribution < -0.4 is 5.73 Å². The fraction of sp³-hybridized carbons (Fsp3) is 0.846. The molecule has 0 saturated heterocycles. The highest BCUT2D eigenvalue weighted by molar-refractivity contribution is 5.94. The van der Waals surface area contributed by atoms with E-state index in [9.17, 15) is 9.59 Å². The molecule has 0 aliphatic rings. The zero-order chi connectivity index (χ0) is 14.2. The molecule has 0 aliphatic carbocycles. The fourth-order valence-electron chi connectivity index (χ4n) is 1.56. The van der Waals surface area contributed by atoms with Gasteiger partial charge >= 0.3 is 11.9 Å². The van der Waals surface area contributed by atoms with Gasteiger partial charge in [-0.3, -0.25) is 9.59 Å². The average Bonchev–Trinajstić information content (AvgIpc) is 2.19. The van der Waals surface area contributed by atoms with Crippen LogP contribution in [0.1, 0.15) is 52.9 Å². The Labute approximate surface area is 109 Å². The second-order valence-corrected chi connectivity index (χ2v) is 5.42. The zero-order valence-electron chi connectivity index (χ0n) is 11.6. The van der Waals surface area contributed by atoms with E-state index < -0.39 is 23.5 Å². The lowest BCUT2D eigenvalue weighted by atomic mass is 10.0. The minimum absolute atomic E-state index is 0.328. The van der Waals surface area contributed by atoms with Crippen LogP contribution in [-0.2, 0) is 14.3 Å². The molecule has 0 bridgehead atoms. The second kappa shape index (κ2) is 8.08. The lowest BCUT2D eigenvalue weighted by Gasteiger charge is -2.22. The molecule has 3 N–H and O–H groups in total. The van der Waals surface area contributed by atoms with Crippen molar-refractivity contribution in [3.8, 4) is 0 Å². The summed E-state index contributed by atoms with van der Waals surface area (Å²) >= 11 is 0. The summed E-state index contributed by atoms with van der Waals surface area (Å²) < 4.78 is 5.10. The molecule has 0 aromatic heterocycles. The van der Waals surface area contributed by atoms with Crippen LogP contribution in [-0.4, -0.2) is 29.2 Å². The molecule has 18 heavy (non-hydrogen) atoms. The first-order valence-electron chi connectivity index (χ1n) is 6.43. The van der Waals surface area contributed by atoms with Crippen LogP contribution in [0, 0.1) is 5.92 Å². The van der Waals surface area contributed by atoms with Crippen LogP contribution in [0.3, 0.4) is 0 Å². The molecule has 0 aromatic rings. The van der Waals surface area contributed by atoms with Gasteiger partial charge in [0, 0.05) is 0 Å². The van der Waals surface area contributed by atoms with Gasteiger partial charge in [-0.25, -0.2) is 0 Å².